The molecule has 0 spiro atoms. The topological polar surface area (TPSA) is 215 Å². The van der Waals surface area contributed by atoms with Crippen molar-refractivity contribution >= 4 is 80.7 Å². The molecule has 4 rings (SSSR count). The van der Waals surface area contributed by atoms with Crippen LogP contribution in [0, 0.1) is 7.14 Å². The van der Waals surface area contributed by atoms with Gasteiger partial charge in [-0.25, -0.2) is 0 Å². The number of nitrogens with zero attached hydrogens (tertiary/aromatic N) is 2. The van der Waals surface area contributed by atoms with E-state index in [0.29, 0.717) is 6.42 Å². The predicted molar refractivity (Wildman–Crippen MR) is 211 cm³/mol. The summed E-state index contributed by atoms with van der Waals surface area (Å²) in [6, 6.07) is 18.5. The van der Waals surface area contributed by atoms with E-state index in [1.165, 1.54) is 11.8 Å². The molecule has 0 saturated carbocycles. The van der Waals surface area contributed by atoms with Crippen LogP contribution in [0.2, 0.25) is 0 Å². The average molecular weight is 921 g/mol. The minimum absolute atomic E-state index is 0.0857. The molecule has 4 atom stereocenters. The van der Waals surface area contributed by atoms with E-state index >= 15 is 0 Å². The Bertz CT molecular complexity index is 1750. The summed E-state index contributed by atoms with van der Waals surface area (Å²) in [4.78, 5) is 72.5. The quantitative estimate of drug-likeness (QED) is 0.0574. The van der Waals surface area contributed by atoms with E-state index in [0.717, 1.165) is 29.4 Å². The van der Waals surface area contributed by atoms with Crippen LogP contribution >= 0.6 is 45.2 Å². The number of carbonyl (C=O) groups excluding carboxylic acids is 5. The molecular weight excluding hydrogens is 878 g/mol. The first-order valence-corrected chi connectivity index (χ1v) is 18.5. The molecule has 9 N–H and O–H groups in total. The monoisotopic (exact) mass is 920 g/mol. The van der Waals surface area contributed by atoms with Gasteiger partial charge in [-0.15, -0.1) is 0 Å². The molecule has 0 aromatic heterocycles. The number of benzene rings is 3. The van der Waals surface area contributed by atoms with Gasteiger partial charge in [-0.05, 0) is 105 Å². The minimum atomic E-state index is -1.11. The summed E-state index contributed by atoms with van der Waals surface area (Å²) in [6.07, 6.45) is 1.08. The highest BCUT2D eigenvalue weighted by molar-refractivity contribution is 14.1. The molecule has 1 aliphatic heterocycles. The lowest BCUT2D eigenvalue weighted by Crippen LogP contribution is -2.61. The predicted octanol–water partition coefficient (Wildman–Crippen LogP) is 1.65. The Morgan fingerprint density at radius 3 is 1.90 bits per heavy atom. The maximum absolute atomic E-state index is 14.7. The van der Waals surface area contributed by atoms with Crippen molar-refractivity contribution in [2.24, 2.45) is 22.2 Å². The third-order valence-electron chi connectivity index (χ3n) is 8.45. The Labute approximate surface area is 324 Å². The number of halogens is 2. The van der Waals surface area contributed by atoms with Crippen molar-refractivity contribution in [2.45, 2.75) is 69.7 Å². The number of nitrogens with two attached hydrogens (primary N) is 3. The van der Waals surface area contributed by atoms with Crippen molar-refractivity contribution < 1.29 is 24.0 Å². The number of fused-ring (bicyclic) bond motifs is 1. The highest BCUT2D eigenvalue weighted by Gasteiger charge is 2.39. The van der Waals surface area contributed by atoms with E-state index in [2.05, 4.69) is 66.1 Å². The van der Waals surface area contributed by atoms with Gasteiger partial charge in [0.2, 0.25) is 29.5 Å². The fourth-order valence-electron chi connectivity index (χ4n) is 5.88. The largest absolute Gasteiger partial charge is 0.370 e. The van der Waals surface area contributed by atoms with Crippen LogP contribution < -0.4 is 33.2 Å². The molecule has 13 nitrogen and oxygen atoms in total. The zero-order valence-corrected chi connectivity index (χ0v) is 32.4. The number of hydrogen-bond donors (Lipinski definition) is 6. The Hall–Kier alpha value is -4.26. The standard InChI is InChI=1S/C36H42I2N8O5/c1-21(47)43-28(7-4-16-42-36(40)41)33(49)45-30(18-23-10-14-27(38)15-11-23)35(51)46-20-25-6-3-2-5-24(25)19-31(46)34(50)44-29(32(39)48)17-22-8-12-26(37)13-9-22/h2-3,5-6,8-15,28-31H,4,7,16-20H2,1H3,(H2,39,48)(H,43,47)(H,44,50)(H,45,49)(H4,40,41,42)/t28-,29-,30+,31?/m0/s1. The molecule has 0 aliphatic carbocycles. The van der Waals surface area contributed by atoms with Gasteiger partial charge >= 0.3 is 0 Å². The number of aliphatic imine (C=N–C) groups is 1. The van der Waals surface area contributed by atoms with E-state index < -0.39 is 53.7 Å². The normalized spacial score (nSPS) is 15.4. The summed E-state index contributed by atoms with van der Waals surface area (Å²) in [5.41, 5.74) is 20.0. The summed E-state index contributed by atoms with van der Waals surface area (Å²) in [6.45, 7) is 1.64. The van der Waals surface area contributed by atoms with E-state index in [1.54, 1.807) is 0 Å². The van der Waals surface area contributed by atoms with Gasteiger partial charge in [-0.1, -0.05) is 48.5 Å². The van der Waals surface area contributed by atoms with Crippen LogP contribution in [-0.4, -0.2) is 71.1 Å². The molecule has 1 unspecified atom stereocenters. The first-order valence-electron chi connectivity index (χ1n) is 16.4. The zero-order valence-electron chi connectivity index (χ0n) is 28.1. The molecule has 1 aliphatic rings. The number of hydrogen-bond acceptors (Lipinski definition) is 6. The Balaban J connectivity index is 1.64. The van der Waals surface area contributed by atoms with Gasteiger partial charge in [0.25, 0.3) is 0 Å². The first-order chi connectivity index (χ1) is 24.3. The summed E-state index contributed by atoms with van der Waals surface area (Å²) >= 11 is 4.37. The second kappa shape index (κ2) is 18.8. The fourth-order valence-corrected chi connectivity index (χ4v) is 6.60. The highest BCUT2D eigenvalue weighted by Crippen LogP contribution is 2.25. The summed E-state index contributed by atoms with van der Waals surface area (Å²) in [5, 5.41) is 8.34. The van der Waals surface area contributed by atoms with E-state index in [1.807, 2.05) is 72.8 Å². The molecule has 51 heavy (non-hydrogen) atoms. The number of guanidine groups is 1. The van der Waals surface area contributed by atoms with Gasteiger partial charge in [0.15, 0.2) is 5.96 Å². The van der Waals surface area contributed by atoms with Crippen LogP contribution in [0.15, 0.2) is 77.8 Å². The molecule has 0 bridgehead atoms. The number of rotatable bonds is 15. The molecule has 0 radical (unpaired) electrons. The molecular formula is C36H42I2N8O5. The summed E-state index contributed by atoms with van der Waals surface area (Å²) in [7, 11) is 0. The Kier molecular flexibility index (Phi) is 14.6. The van der Waals surface area contributed by atoms with Crippen LogP contribution in [0.25, 0.3) is 0 Å². The lowest BCUT2D eigenvalue weighted by Gasteiger charge is -2.38. The van der Waals surface area contributed by atoms with Gasteiger partial charge in [-0.2, -0.15) is 0 Å². The number of primary amides is 1. The lowest BCUT2D eigenvalue weighted by molar-refractivity contribution is -0.145. The van der Waals surface area contributed by atoms with E-state index in [9.17, 15) is 24.0 Å². The van der Waals surface area contributed by atoms with Crippen molar-refractivity contribution in [1.82, 2.24) is 20.9 Å². The first kappa shape index (κ1) is 39.5. The van der Waals surface area contributed by atoms with Crippen LogP contribution in [0.4, 0.5) is 0 Å². The second-order valence-electron chi connectivity index (χ2n) is 12.3. The maximum atomic E-state index is 14.7. The number of nitrogens with one attached hydrogen (secondary N) is 3. The van der Waals surface area contributed by atoms with Crippen LogP contribution in [0.5, 0.6) is 0 Å². The van der Waals surface area contributed by atoms with Crippen molar-refractivity contribution in [3.63, 3.8) is 0 Å². The van der Waals surface area contributed by atoms with Gasteiger partial charge in [0.05, 0.1) is 0 Å². The Morgan fingerprint density at radius 2 is 1.35 bits per heavy atom. The smallest absolute Gasteiger partial charge is 0.246 e. The zero-order chi connectivity index (χ0) is 37.1. The van der Waals surface area contributed by atoms with Gasteiger partial charge in [-0.3, -0.25) is 29.0 Å². The van der Waals surface area contributed by atoms with Gasteiger partial charge in [0.1, 0.15) is 24.2 Å². The third kappa shape index (κ3) is 11.9. The molecule has 5 amide bonds. The second-order valence-corrected chi connectivity index (χ2v) is 14.8. The minimum Gasteiger partial charge on any atom is -0.370 e. The molecule has 0 fully saturated rings. The average Bonchev–Trinajstić information content (AvgIpc) is 3.09. The highest BCUT2D eigenvalue weighted by atomic mass is 127. The van der Waals surface area contributed by atoms with Crippen molar-refractivity contribution in [1.29, 1.82) is 0 Å². The van der Waals surface area contributed by atoms with E-state index in [4.69, 9.17) is 17.2 Å². The number of amides is 5. The maximum Gasteiger partial charge on any atom is 0.246 e. The van der Waals surface area contributed by atoms with Gasteiger partial charge < -0.3 is 38.1 Å². The molecule has 3 aromatic carbocycles. The lowest BCUT2D eigenvalue weighted by atomic mass is 9.91. The summed E-state index contributed by atoms with van der Waals surface area (Å²) < 4.78 is 2.01. The van der Waals surface area contributed by atoms with E-state index in [-0.39, 0.29) is 44.7 Å². The van der Waals surface area contributed by atoms with Crippen LogP contribution in [0.1, 0.15) is 42.0 Å². The summed E-state index contributed by atoms with van der Waals surface area (Å²) in [5.74, 6) is -2.81. The molecule has 1 heterocycles. The van der Waals surface area contributed by atoms with Gasteiger partial charge in [0, 0.05) is 46.4 Å². The Morgan fingerprint density at radius 1 is 0.784 bits per heavy atom. The third-order valence-corrected chi connectivity index (χ3v) is 9.89. The molecule has 15 heteroatoms. The van der Waals surface area contributed by atoms with Crippen LogP contribution in [0.3, 0.4) is 0 Å². The molecule has 270 valence electrons. The molecule has 0 saturated heterocycles. The van der Waals surface area contributed by atoms with Crippen LogP contribution in [-0.2, 0) is 49.8 Å². The van der Waals surface area contributed by atoms with Crippen molar-refractivity contribution in [2.75, 3.05) is 6.54 Å². The fraction of sp³-hybridized carbons (Fsp3) is 0.333. The van der Waals surface area contributed by atoms with Crippen molar-refractivity contribution in [3.05, 3.63) is 102 Å². The molecule has 3 aromatic rings. The van der Waals surface area contributed by atoms with Crippen molar-refractivity contribution in [3.8, 4) is 0 Å². The number of carbonyl (C=O) groups is 5. The SMILES string of the molecule is CC(=O)N[C@@H](CCCN=C(N)N)C(=O)N[C@H](Cc1ccc(I)cc1)C(=O)N1Cc2ccccc2CC1C(=O)N[C@@H](Cc1ccc(I)cc1)C(N)=O.